The van der Waals surface area contributed by atoms with Gasteiger partial charge in [0.05, 0.1) is 45.2 Å². The van der Waals surface area contributed by atoms with E-state index in [0.29, 0.717) is 59.9 Å². The molecule has 1 saturated heterocycles. The van der Waals surface area contributed by atoms with Gasteiger partial charge in [-0.1, -0.05) is 5.16 Å². The molecule has 8 heterocycles. The zero-order valence-electron chi connectivity index (χ0n) is 36.0. The van der Waals surface area contributed by atoms with E-state index in [0.717, 1.165) is 72.4 Å². The largest absolute Gasteiger partial charge is 0.438 e. The zero-order valence-corrected chi connectivity index (χ0v) is 36.0. The number of imidazole rings is 1. The summed E-state index contributed by atoms with van der Waals surface area (Å²) in [5.74, 6) is 0.00268. The molecule has 2 aromatic carbocycles. The summed E-state index contributed by atoms with van der Waals surface area (Å²) in [5, 5.41) is 13.9. The van der Waals surface area contributed by atoms with Crippen LogP contribution in [-0.4, -0.2) is 71.9 Å². The third-order valence-corrected chi connectivity index (χ3v) is 14.2. The topological polar surface area (TPSA) is 151 Å². The van der Waals surface area contributed by atoms with Gasteiger partial charge in [-0.3, -0.25) is 28.2 Å². The van der Waals surface area contributed by atoms with Crippen molar-refractivity contribution in [3.8, 4) is 17.2 Å². The molecule has 2 atom stereocenters. The number of fused-ring (bicyclic) bond motifs is 3. The van der Waals surface area contributed by atoms with Gasteiger partial charge in [0.2, 0.25) is 0 Å². The van der Waals surface area contributed by atoms with Gasteiger partial charge in [-0.05, 0) is 119 Å². The normalized spacial score (nSPS) is 20.7. The number of ether oxygens (including phenoxy) is 1. The molecule has 6 aromatic heterocycles. The van der Waals surface area contributed by atoms with Crippen LogP contribution in [0.15, 0.2) is 81.4 Å². The Hall–Kier alpha value is -6.46. The minimum Gasteiger partial charge on any atom is -0.376 e. The Morgan fingerprint density at radius 1 is 0.969 bits per heavy atom. The molecule has 0 amide bonds. The lowest BCUT2D eigenvalue weighted by molar-refractivity contribution is -0.0597. The number of benzene rings is 2. The van der Waals surface area contributed by atoms with E-state index in [1.807, 2.05) is 6.07 Å². The standard InChI is InChI=1S/C47H47F2N11O4/c1-26-39-35(11-16-56(26)25-29-21-38-51-34(28-13-20-63-46(2,3)23-28)12-17-58(38)41(29)47(14-15-47)43-52-44(61)64-54-43)53-60(30-7-8-33(48)31(22-30)27-5-6-27)42(39)59-19-18-57(45(59)62)37-10-9-36-32(40(37)49)24-50-55(36)4/h7-10,12,17-19,21-22,24,26-28H,5-6,11,13-16,20,23,25H2,1-4H3,(H,52,54,61)/t26-,28-/m0/s1. The molecule has 12 rings (SSSR count). The van der Waals surface area contributed by atoms with Gasteiger partial charge in [0.25, 0.3) is 0 Å². The summed E-state index contributed by atoms with van der Waals surface area (Å²) in [6, 6.07) is 12.4. The van der Waals surface area contributed by atoms with Crippen LogP contribution in [0, 0.1) is 11.6 Å². The molecule has 0 unspecified atom stereocenters. The van der Waals surface area contributed by atoms with Crippen LogP contribution in [0.3, 0.4) is 0 Å². The Labute approximate surface area is 364 Å². The second kappa shape index (κ2) is 14.0. The predicted octanol–water partition coefficient (Wildman–Crippen LogP) is 7.05. The molecule has 1 N–H and O–H groups in total. The summed E-state index contributed by atoms with van der Waals surface area (Å²) in [7, 11) is 1.74. The lowest BCUT2D eigenvalue weighted by atomic mass is 9.86. The summed E-state index contributed by atoms with van der Waals surface area (Å²) in [4.78, 5) is 37.5. The number of aromatic nitrogens is 10. The van der Waals surface area contributed by atoms with Crippen molar-refractivity contribution in [3.63, 3.8) is 0 Å². The molecule has 2 aliphatic carbocycles. The van der Waals surface area contributed by atoms with Gasteiger partial charge in [-0.25, -0.2) is 28.0 Å². The van der Waals surface area contributed by atoms with Gasteiger partial charge < -0.3 is 9.14 Å². The summed E-state index contributed by atoms with van der Waals surface area (Å²) in [5.41, 5.74) is 6.26. The van der Waals surface area contributed by atoms with E-state index in [1.165, 1.54) is 21.4 Å². The Kier molecular flexibility index (Phi) is 8.58. The number of hydrogen-bond donors (Lipinski definition) is 1. The SMILES string of the molecule is C[C@H]1c2c(nn(-c3ccc(F)c(C4CC4)c3)c2-n2ccn(-c3ccc4c(cnn4C)c3F)c2=O)CCN1Cc1cc2nc([C@H]3CCOC(C)(C)C3)ccn2c1C1(c2noc(=O)[nH]2)CC1. The number of rotatable bonds is 9. The number of halogens is 2. The van der Waals surface area contributed by atoms with Gasteiger partial charge in [-0.2, -0.15) is 10.2 Å². The van der Waals surface area contributed by atoms with E-state index in [9.17, 15) is 9.59 Å². The number of aryl methyl sites for hydroxylation is 1. The van der Waals surface area contributed by atoms with E-state index in [1.54, 1.807) is 47.0 Å². The third kappa shape index (κ3) is 6.10. The second-order valence-electron chi connectivity index (χ2n) is 18.8. The summed E-state index contributed by atoms with van der Waals surface area (Å²) < 4.78 is 50.8. The molecule has 4 aliphatic rings. The van der Waals surface area contributed by atoms with Gasteiger partial charge >= 0.3 is 11.4 Å². The average molecular weight is 868 g/mol. The number of nitrogens with zero attached hydrogens (tertiary/aromatic N) is 10. The number of aromatic amines is 1. The molecule has 0 spiro atoms. The maximum atomic E-state index is 16.1. The molecule has 3 fully saturated rings. The van der Waals surface area contributed by atoms with Crippen molar-refractivity contribution >= 4 is 16.6 Å². The molecule has 2 saturated carbocycles. The van der Waals surface area contributed by atoms with Crippen LogP contribution in [0.1, 0.15) is 117 Å². The predicted molar refractivity (Wildman–Crippen MR) is 232 cm³/mol. The summed E-state index contributed by atoms with van der Waals surface area (Å²) in [6.45, 7) is 8.22. The molecule has 328 valence electrons. The van der Waals surface area contributed by atoms with Crippen molar-refractivity contribution in [1.29, 1.82) is 0 Å². The fourth-order valence-electron chi connectivity index (χ4n) is 10.6. The van der Waals surface area contributed by atoms with Crippen molar-refractivity contribution in [2.75, 3.05) is 13.2 Å². The minimum absolute atomic E-state index is 0.102. The van der Waals surface area contributed by atoms with E-state index < -0.39 is 22.7 Å². The highest BCUT2D eigenvalue weighted by Crippen LogP contribution is 2.54. The maximum Gasteiger partial charge on any atom is 0.438 e. The smallest absolute Gasteiger partial charge is 0.376 e. The van der Waals surface area contributed by atoms with Gasteiger partial charge in [0.15, 0.2) is 11.6 Å². The van der Waals surface area contributed by atoms with E-state index in [-0.39, 0.29) is 35.0 Å². The lowest BCUT2D eigenvalue weighted by Gasteiger charge is -2.35. The van der Waals surface area contributed by atoms with Crippen LogP contribution in [0.4, 0.5) is 8.78 Å². The number of hydrogen-bond acceptors (Lipinski definition) is 9. The van der Waals surface area contributed by atoms with Crippen LogP contribution in [0.25, 0.3) is 33.7 Å². The Morgan fingerprint density at radius 3 is 2.56 bits per heavy atom. The van der Waals surface area contributed by atoms with E-state index >= 15 is 8.78 Å². The van der Waals surface area contributed by atoms with E-state index in [4.69, 9.17) is 19.3 Å². The molecule has 17 heteroatoms. The molecular weight excluding hydrogens is 821 g/mol. The highest BCUT2D eigenvalue weighted by Gasteiger charge is 2.53. The van der Waals surface area contributed by atoms with E-state index in [2.05, 4.69) is 63.6 Å². The van der Waals surface area contributed by atoms with Crippen molar-refractivity contribution in [3.05, 3.63) is 140 Å². The molecule has 0 bridgehead atoms. The quantitative estimate of drug-likeness (QED) is 0.161. The number of nitrogens with one attached hydrogen (secondary N) is 1. The second-order valence-corrected chi connectivity index (χ2v) is 18.8. The summed E-state index contributed by atoms with van der Waals surface area (Å²) >= 11 is 0. The monoisotopic (exact) mass is 867 g/mol. The Bertz CT molecular complexity index is 3300. The van der Waals surface area contributed by atoms with Crippen LogP contribution in [0.5, 0.6) is 0 Å². The van der Waals surface area contributed by atoms with Gasteiger partial charge in [0.1, 0.15) is 17.3 Å². The third-order valence-electron chi connectivity index (χ3n) is 14.2. The molecule has 2 aliphatic heterocycles. The Balaban J connectivity index is 0.976. The molecule has 0 radical (unpaired) electrons. The van der Waals surface area contributed by atoms with Crippen LogP contribution < -0.4 is 11.4 Å². The first-order chi connectivity index (χ1) is 30.9. The molecule has 8 aromatic rings. The molecule has 64 heavy (non-hydrogen) atoms. The van der Waals surface area contributed by atoms with Gasteiger partial charge in [0, 0.05) is 80.7 Å². The fourth-order valence-corrected chi connectivity index (χ4v) is 10.6. The van der Waals surface area contributed by atoms with Gasteiger partial charge in [-0.15, -0.1) is 0 Å². The first-order valence-corrected chi connectivity index (χ1v) is 22.2. The first-order valence-electron chi connectivity index (χ1n) is 22.2. The average Bonchev–Trinajstić information content (AvgIpc) is 4.02. The first kappa shape index (κ1) is 39.2. The molecule has 15 nitrogen and oxygen atoms in total. The Morgan fingerprint density at radius 2 is 1.80 bits per heavy atom. The van der Waals surface area contributed by atoms with Crippen LogP contribution in [0.2, 0.25) is 0 Å². The number of H-pyrrole nitrogens is 1. The molecular formula is C47H47F2N11O4. The van der Waals surface area contributed by atoms with Crippen molar-refractivity contribution in [2.45, 2.75) is 101 Å². The highest BCUT2D eigenvalue weighted by atomic mass is 19.1. The van der Waals surface area contributed by atoms with Crippen molar-refractivity contribution in [1.82, 2.24) is 53.1 Å². The van der Waals surface area contributed by atoms with Crippen LogP contribution in [-0.2, 0) is 30.2 Å². The summed E-state index contributed by atoms with van der Waals surface area (Å²) in [6.07, 6.45) is 12.5. The maximum absolute atomic E-state index is 16.1. The van der Waals surface area contributed by atoms with Crippen LogP contribution >= 0.6 is 0 Å². The minimum atomic E-state index is -0.595. The fraction of sp³-hybridized carbons (Fsp3) is 0.404. The van der Waals surface area contributed by atoms with Crippen molar-refractivity contribution < 1.29 is 18.0 Å². The highest BCUT2D eigenvalue weighted by molar-refractivity contribution is 5.81. The van der Waals surface area contributed by atoms with Crippen molar-refractivity contribution in [2.24, 2.45) is 7.05 Å². The zero-order chi connectivity index (χ0) is 43.8. The lowest BCUT2D eigenvalue weighted by Crippen LogP contribution is -2.35.